The highest BCUT2D eigenvalue weighted by Crippen LogP contribution is 2.29. The van der Waals surface area contributed by atoms with Gasteiger partial charge in [-0.3, -0.25) is 0 Å². The molecule has 2 rings (SSSR count). The average Bonchev–Trinajstić information content (AvgIpc) is 2.41. The van der Waals surface area contributed by atoms with Gasteiger partial charge in [-0.1, -0.05) is 24.3 Å². The minimum atomic E-state index is -0.314. The molecule has 2 aromatic rings. The van der Waals surface area contributed by atoms with Crippen LogP contribution in [-0.4, -0.2) is 6.04 Å². The van der Waals surface area contributed by atoms with Crippen molar-refractivity contribution in [3.63, 3.8) is 0 Å². The summed E-state index contributed by atoms with van der Waals surface area (Å²) in [5, 5.41) is 0. The van der Waals surface area contributed by atoms with E-state index in [4.69, 9.17) is 10.5 Å². The molecule has 0 saturated carbocycles. The Kier molecular flexibility index (Phi) is 4.78. The summed E-state index contributed by atoms with van der Waals surface area (Å²) >= 11 is 3.16. The first-order valence-corrected chi connectivity index (χ1v) is 7.21. The van der Waals surface area contributed by atoms with Gasteiger partial charge in [0.2, 0.25) is 0 Å². The van der Waals surface area contributed by atoms with Crippen LogP contribution in [-0.2, 0) is 0 Å². The fraction of sp³-hybridized carbons (Fsp3) is 0.250. The van der Waals surface area contributed by atoms with Gasteiger partial charge in [0.05, 0.1) is 4.47 Å². The lowest BCUT2D eigenvalue weighted by atomic mass is 9.99. The molecule has 20 heavy (non-hydrogen) atoms. The van der Waals surface area contributed by atoms with Gasteiger partial charge in [0.15, 0.2) is 0 Å². The Labute approximate surface area is 126 Å². The molecule has 0 radical (unpaired) electrons. The number of halogens is 2. The summed E-state index contributed by atoms with van der Waals surface area (Å²) in [6.45, 7) is 3.92. The Balaban J connectivity index is 2.31. The van der Waals surface area contributed by atoms with E-state index in [2.05, 4.69) is 15.9 Å². The zero-order chi connectivity index (χ0) is 14.7. The monoisotopic (exact) mass is 337 g/mol. The van der Waals surface area contributed by atoms with Crippen molar-refractivity contribution in [2.24, 2.45) is 5.73 Å². The smallest absolute Gasteiger partial charge is 0.139 e. The second-order valence-corrected chi connectivity index (χ2v) is 5.68. The van der Waals surface area contributed by atoms with E-state index in [0.717, 1.165) is 11.1 Å². The van der Waals surface area contributed by atoms with Crippen LogP contribution in [0.15, 0.2) is 46.9 Å². The molecule has 2 N–H and O–H groups in total. The molecule has 0 amide bonds. The zero-order valence-electron chi connectivity index (χ0n) is 11.4. The van der Waals surface area contributed by atoms with Crippen molar-refractivity contribution in [2.45, 2.75) is 26.0 Å². The van der Waals surface area contributed by atoms with Crippen LogP contribution in [0.2, 0.25) is 0 Å². The van der Waals surface area contributed by atoms with Crippen molar-refractivity contribution >= 4 is 15.9 Å². The molecular formula is C16H17BrFNO. The van der Waals surface area contributed by atoms with Gasteiger partial charge < -0.3 is 10.5 Å². The molecule has 2 aromatic carbocycles. The van der Waals surface area contributed by atoms with Crippen LogP contribution in [0.25, 0.3) is 0 Å². The lowest BCUT2D eigenvalue weighted by Gasteiger charge is -2.24. The molecule has 0 fully saturated rings. The minimum absolute atomic E-state index is 0.181. The molecular weight excluding hydrogens is 321 g/mol. The van der Waals surface area contributed by atoms with Crippen molar-refractivity contribution in [3.8, 4) is 5.75 Å². The van der Waals surface area contributed by atoms with Crippen LogP contribution in [0.5, 0.6) is 5.75 Å². The van der Waals surface area contributed by atoms with Crippen LogP contribution < -0.4 is 10.5 Å². The fourth-order valence-electron chi connectivity index (χ4n) is 2.06. The molecule has 0 saturated heterocycles. The van der Waals surface area contributed by atoms with Gasteiger partial charge in [0, 0.05) is 6.04 Å². The van der Waals surface area contributed by atoms with Gasteiger partial charge in [0.25, 0.3) is 0 Å². The van der Waals surface area contributed by atoms with Crippen LogP contribution in [0, 0.1) is 12.7 Å². The Bertz CT molecular complexity index is 601. The third kappa shape index (κ3) is 3.38. The molecule has 0 aromatic heterocycles. The number of benzene rings is 2. The first-order valence-electron chi connectivity index (χ1n) is 6.42. The molecule has 0 aliphatic heterocycles. The van der Waals surface area contributed by atoms with E-state index in [0.29, 0.717) is 10.2 Å². The summed E-state index contributed by atoms with van der Waals surface area (Å²) in [4.78, 5) is 0. The SMILES string of the molecule is Cc1ccccc1C(Oc1ccc(F)c(Br)c1)C(C)N. The maximum Gasteiger partial charge on any atom is 0.139 e. The summed E-state index contributed by atoms with van der Waals surface area (Å²) in [5.74, 6) is 0.273. The highest BCUT2D eigenvalue weighted by atomic mass is 79.9. The second-order valence-electron chi connectivity index (χ2n) is 4.83. The lowest BCUT2D eigenvalue weighted by Crippen LogP contribution is -2.29. The van der Waals surface area contributed by atoms with Crippen molar-refractivity contribution in [3.05, 3.63) is 63.9 Å². The molecule has 0 aliphatic rings. The summed E-state index contributed by atoms with van der Waals surface area (Å²) in [6, 6.07) is 12.4. The lowest BCUT2D eigenvalue weighted by molar-refractivity contribution is 0.179. The Morgan fingerprint density at radius 2 is 1.90 bits per heavy atom. The first kappa shape index (κ1) is 15.0. The van der Waals surface area contributed by atoms with Crippen molar-refractivity contribution < 1.29 is 9.13 Å². The molecule has 4 heteroatoms. The Morgan fingerprint density at radius 3 is 2.50 bits per heavy atom. The predicted molar refractivity (Wildman–Crippen MR) is 82.3 cm³/mol. The highest BCUT2D eigenvalue weighted by Gasteiger charge is 2.20. The van der Waals surface area contributed by atoms with Gasteiger partial charge in [0.1, 0.15) is 17.7 Å². The summed E-state index contributed by atoms with van der Waals surface area (Å²) < 4.78 is 19.6. The van der Waals surface area contributed by atoms with E-state index in [-0.39, 0.29) is 18.0 Å². The molecule has 106 valence electrons. The van der Waals surface area contributed by atoms with Gasteiger partial charge >= 0.3 is 0 Å². The Morgan fingerprint density at radius 1 is 1.20 bits per heavy atom. The van der Waals surface area contributed by atoms with Crippen molar-refractivity contribution in [1.82, 2.24) is 0 Å². The number of ether oxygens (including phenoxy) is 1. The average molecular weight is 338 g/mol. The Hall–Kier alpha value is -1.39. The van der Waals surface area contributed by atoms with Crippen molar-refractivity contribution in [1.29, 1.82) is 0 Å². The van der Waals surface area contributed by atoms with Gasteiger partial charge in [-0.15, -0.1) is 0 Å². The third-order valence-corrected chi connectivity index (χ3v) is 3.73. The summed E-state index contributed by atoms with van der Waals surface area (Å²) in [7, 11) is 0. The van der Waals surface area contributed by atoms with Crippen LogP contribution >= 0.6 is 15.9 Å². The van der Waals surface area contributed by atoms with E-state index in [1.165, 1.54) is 6.07 Å². The molecule has 0 spiro atoms. The third-order valence-electron chi connectivity index (χ3n) is 3.13. The van der Waals surface area contributed by atoms with Crippen LogP contribution in [0.1, 0.15) is 24.2 Å². The molecule has 2 nitrogen and oxygen atoms in total. The molecule has 2 atom stereocenters. The number of aryl methyl sites for hydroxylation is 1. The molecule has 0 heterocycles. The van der Waals surface area contributed by atoms with E-state index in [1.807, 2.05) is 38.1 Å². The number of nitrogens with two attached hydrogens (primary N) is 1. The minimum Gasteiger partial charge on any atom is -0.484 e. The van der Waals surface area contributed by atoms with E-state index < -0.39 is 0 Å². The maximum atomic E-state index is 13.3. The predicted octanol–water partition coefficient (Wildman–Crippen LogP) is 4.36. The molecule has 0 bridgehead atoms. The van der Waals surface area contributed by atoms with E-state index >= 15 is 0 Å². The highest BCUT2D eigenvalue weighted by molar-refractivity contribution is 9.10. The normalized spacial score (nSPS) is 13.8. The van der Waals surface area contributed by atoms with Gasteiger partial charge in [-0.25, -0.2) is 4.39 Å². The van der Waals surface area contributed by atoms with E-state index in [9.17, 15) is 4.39 Å². The number of hydrogen-bond acceptors (Lipinski definition) is 2. The topological polar surface area (TPSA) is 35.2 Å². The quantitative estimate of drug-likeness (QED) is 0.899. The van der Waals surface area contributed by atoms with Crippen molar-refractivity contribution in [2.75, 3.05) is 0 Å². The molecule has 0 aliphatic carbocycles. The van der Waals surface area contributed by atoms with E-state index in [1.54, 1.807) is 12.1 Å². The number of hydrogen-bond donors (Lipinski definition) is 1. The maximum absolute atomic E-state index is 13.3. The summed E-state index contributed by atoms with van der Waals surface area (Å²) in [6.07, 6.45) is -0.270. The van der Waals surface area contributed by atoms with Gasteiger partial charge in [-0.2, -0.15) is 0 Å². The van der Waals surface area contributed by atoms with Crippen LogP contribution in [0.4, 0.5) is 4.39 Å². The number of rotatable bonds is 4. The second kappa shape index (κ2) is 6.37. The first-order chi connectivity index (χ1) is 9.49. The zero-order valence-corrected chi connectivity index (χ0v) is 13.0. The standard InChI is InChI=1S/C16H17BrFNO/c1-10-5-3-4-6-13(10)16(11(2)19)20-12-7-8-15(18)14(17)9-12/h3-9,11,16H,19H2,1-2H3. The summed E-state index contributed by atoms with van der Waals surface area (Å²) in [5.41, 5.74) is 8.21. The molecule has 2 unspecified atom stereocenters. The van der Waals surface area contributed by atoms with Gasteiger partial charge in [-0.05, 0) is 59.1 Å². The largest absolute Gasteiger partial charge is 0.484 e. The van der Waals surface area contributed by atoms with Crippen LogP contribution in [0.3, 0.4) is 0 Å². The fourth-order valence-corrected chi connectivity index (χ4v) is 2.41.